The third-order valence-electron chi connectivity index (χ3n) is 4.05. The molecule has 0 unspecified atom stereocenters. The third kappa shape index (κ3) is 5.09. The summed E-state index contributed by atoms with van der Waals surface area (Å²) in [5.41, 5.74) is 4.91. The van der Waals surface area contributed by atoms with Crippen molar-refractivity contribution in [1.29, 1.82) is 0 Å². The molecule has 0 N–H and O–H groups in total. The van der Waals surface area contributed by atoms with Crippen molar-refractivity contribution in [3.8, 4) is 5.75 Å². The lowest BCUT2D eigenvalue weighted by atomic mass is 9.96. The van der Waals surface area contributed by atoms with Gasteiger partial charge in [0, 0.05) is 4.47 Å². The Kier molecular flexibility index (Phi) is 7.39. The van der Waals surface area contributed by atoms with E-state index in [1.807, 2.05) is 6.07 Å². The number of benzene rings is 2. The van der Waals surface area contributed by atoms with Gasteiger partial charge in [-0.2, -0.15) is 0 Å². The topological polar surface area (TPSA) is 9.23 Å². The summed E-state index contributed by atoms with van der Waals surface area (Å²) in [5.74, 6) is 1.91. The summed E-state index contributed by atoms with van der Waals surface area (Å²) in [7, 11) is 0. The van der Waals surface area contributed by atoms with Crippen molar-refractivity contribution >= 4 is 47.8 Å². The summed E-state index contributed by atoms with van der Waals surface area (Å²) in [6.45, 7) is 9.37. The molecule has 0 bridgehead atoms. The molecule has 0 fully saturated rings. The molecule has 2 rings (SSSR count). The predicted molar refractivity (Wildman–Crippen MR) is 114 cm³/mol. The molecule has 0 heterocycles. The van der Waals surface area contributed by atoms with E-state index < -0.39 is 0 Å². The summed E-state index contributed by atoms with van der Waals surface area (Å²) in [5, 5.41) is 0. The van der Waals surface area contributed by atoms with Crippen LogP contribution in [0.4, 0.5) is 0 Å². The average Bonchev–Trinajstić information content (AvgIpc) is 2.52. The molecule has 0 amide bonds. The first-order valence-electron chi connectivity index (χ1n) is 8.12. The maximum absolute atomic E-state index is 6.26. The molecule has 0 saturated heterocycles. The number of hydrogen-bond donors (Lipinski definition) is 0. The Hall–Kier alpha value is -0.320. The first-order chi connectivity index (χ1) is 11.3. The minimum absolute atomic E-state index is 0.114. The van der Waals surface area contributed by atoms with Crippen molar-refractivity contribution in [2.45, 2.75) is 49.9 Å². The molecule has 1 nitrogen and oxygen atoms in total. The highest BCUT2D eigenvalue weighted by atomic mass is 79.9. The zero-order valence-corrected chi connectivity index (χ0v) is 19.2. The highest BCUT2D eigenvalue weighted by Gasteiger charge is 2.14. The molecule has 2 aromatic rings. The van der Waals surface area contributed by atoms with Gasteiger partial charge in [0.15, 0.2) is 0 Å². The standard InChI is InChI=1S/C20H23Br3O/c1-12(2)14-5-7-17(13(3)4)19(10-14)24-11-15-9-16(21)6-8-18(15)20(22)23/h5-10,12-13,20H,11H2,1-4H3. The number of alkyl halides is 2. The zero-order valence-electron chi connectivity index (χ0n) is 14.4. The van der Waals surface area contributed by atoms with Gasteiger partial charge in [-0.25, -0.2) is 0 Å². The van der Waals surface area contributed by atoms with E-state index in [0.29, 0.717) is 18.4 Å². The van der Waals surface area contributed by atoms with Crippen LogP contribution in [0, 0.1) is 0 Å². The van der Waals surface area contributed by atoms with E-state index >= 15 is 0 Å². The Morgan fingerprint density at radius 2 is 1.54 bits per heavy atom. The molecule has 0 atom stereocenters. The lowest BCUT2D eigenvalue weighted by Gasteiger charge is -2.18. The first kappa shape index (κ1) is 20.0. The second-order valence-corrected chi connectivity index (χ2v) is 10.5. The van der Waals surface area contributed by atoms with Gasteiger partial charge in [-0.05, 0) is 52.3 Å². The van der Waals surface area contributed by atoms with Crippen LogP contribution in [-0.2, 0) is 6.61 Å². The van der Waals surface area contributed by atoms with Gasteiger partial charge in [0.25, 0.3) is 0 Å². The van der Waals surface area contributed by atoms with E-state index in [4.69, 9.17) is 4.74 Å². The normalized spacial score (nSPS) is 11.6. The van der Waals surface area contributed by atoms with Gasteiger partial charge in [-0.3, -0.25) is 0 Å². The van der Waals surface area contributed by atoms with Crippen molar-refractivity contribution in [3.05, 3.63) is 63.1 Å². The van der Waals surface area contributed by atoms with E-state index in [1.165, 1.54) is 16.7 Å². The van der Waals surface area contributed by atoms with Gasteiger partial charge in [0.2, 0.25) is 0 Å². The van der Waals surface area contributed by atoms with Crippen LogP contribution in [0.5, 0.6) is 5.75 Å². The van der Waals surface area contributed by atoms with E-state index in [2.05, 4.69) is 106 Å². The van der Waals surface area contributed by atoms with E-state index in [1.54, 1.807) is 0 Å². The fourth-order valence-corrected chi connectivity index (χ4v) is 3.88. The van der Waals surface area contributed by atoms with Gasteiger partial charge in [-0.1, -0.05) is 93.7 Å². The summed E-state index contributed by atoms with van der Waals surface area (Å²) in [4.78, 5) is 0. The lowest BCUT2D eigenvalue weighted by molar-refractivity contribution is 0.300. The second-order valence-electron chi connectivity index (χ2n) is 6.54. The SMILES string of the molecule is CC(C)c1ccc(C(C)C)c(OCc2cc(Br)ccc2C(Br)Br)c1. The Bertz CT molecular complexity index is 693. The predicted octanol–water partition coefficient (Wildman–Crippen LogP) is 8.06. The van der Waals surface area contributed by atoms with Crippen LogP contribution in [0.1, 0.15) is 65.5 Å². The molecule has 0 saturated carbocycles. The molecule has 0 aromatic heterocycles. The van der Waals surface area contributed by atoms with E-state index in [9.17, 15) is 0 Å². The molecule has 0 aliphatic heterocycles. The van der Waals surface area contributed by atoms with Crippen LogP contribution in [0.3, 0.4) is 0 Å². The summed E-state index contributed by atoms with van der Waals surface area (Å²) in [6.07, 6.45) is 0. The Morgan fingerprint density at radius 3 is 2.12 bits per heavy atom. The third-order valence-corrected chi connectivity index (χ3v) is 5.53. The Labute approximate surface area is 170 Å². The number of halogens is 3. The summed E-state index contributed by atoms with van der Waals surface area (Å²) in [6, 6.07) is 12.9. The molecule has 0 aliphatic carbocycles. The van der Waals surface area contributed by atoms with Crippen molar-refractivity contribution in [2.24, 2.45) is 0 Å². The summed E-state index contributed by atoms with van der Waals surface area (Å²) < 4.78 is 7.43. The molecule has 0 aliphatic rings. The van der Waals surface area contributed by atoms with Crippen LogP contribution in [0.15, 0.2) is 40.9 Å². The Balaban J connectivity index is 2.31. The highest BCUT2D eigenvalue weighted by Crippen LogP contribution is 2.35. The maximum atomic E-state index is 6.26. The second kappa shape index (κ2) is 8.86. The molecular weight excluding hydrogens is 496 g/mol. The van der Waals surface area contributed by atoms with Crippen molar-refractivity contribution in [1.82, 2.24) is 0 Å². The fourth-order valence-electron chi connectivity index (χ4n) is 2.58. The van der Waals surface area contributed by atoms with Gasteiger partial charge in [0.05, 0.1) is 3.74 Å². The number of rotatable bonds is 6. The minimum Gasteiger partial charge on any atom is -0.489 e. The molecule has 130 valence electrons. The van der Waals surface area contributed by atoms with Crippen LogP contribution < -0.4 is 4.74 Å². The monoisotopic (exact) mass is 516 g/mol. The van der Waals surface area contributed by atoms with Gasteiger partial charge >= 0.3 is 0 Å². The van der Waals surface area contributed by atoms with Crippen LogP contribution in [-0.4, -0.2) is 0 Å². The van der Waals surface area contributed by atoms with E-state index in [0.717, 1.165) is 15.8 Å². The minimum atomic E-state index is 0.114. The van der Waals surface area contributed by atoms with Crippen LogP contribution in [0.25, 0.3) is 0 Å². The quantitative estimate of drug-likeness (QED) is 0.351. The molecule has 0 radical (unpaired) electrons. The molecule has 0 spiro atoms. The Morgan fingerprint density at radius 1 is 0.875 bits per heavy atom. The largest absolute Gasteiger partial charge is 0.489 e. The molecule has 4 heteroatoms. The van der Waals surface area contributed by atoms with Gasteiger partial charge < -0.3 is 4.74 Å². The molecular formula is C20H23Br3O. The van der Waals surface area contributed by atoms with E-state index in [-0.39, 0.29) is 3.74 Å². The molecule has 24 heavy (non-hydrogen) atoms. The summed E-state index contributed by atoms with van der Waals surface area (Å²) >= 11 is 10.8. The van der Waals surface area contributed by atoms with Crippen LogP contribution >= 0.6 is 47.8 Å². The molecule has 2 aromatic carbocycles. The van der Waals surface area contributed by atoms with Crippen LogP contribution in [0.2, 0.25) is 0 Å². The maximum Gasteiger partial charge on any atom is 0.123 e. The smallest absolute Gasteiger partial charge is 0.123 e. The van der Waals surface area contributed by atoms with Crippen molar-refractivity contribution in [2.75, 3.05) is 0 Å². The number of ether oxygens (including phenoxy) is 1. The van der Waals surface area contributed by atoms with Gasteiger partial charge in [0.1, 0.15) is 12.4 Å². The van der Waals surface area contributed by atoms with Crippen molar-refractivity contribution in [3.63, 3.8) is 0 Å². The fraction of sp³-hybridized carbons (Fsp3) is 0.400. The highest BCUT2D eigenvalue weighted by molar-refractivity contribution is 9.24. The first-order valence-corrected chi connectivity index (χ1v) is 10.7. The average molecular weight is 519 g/mol. The lowest BCUT2D eigenvalue weighted by Crippen LogP contribution is -2.04. The van der Waals surface area contributed by atoms with Gasteiger partial charge in [-0.15, -0.1) is 0 Å². The number of hydrogen-bond acceptors (Lipinski definition) is 1. The van der Waals surface area contributed by atoms with Crippen molar-refractivity contribution < 1.29 is 4.74 Å². The zero-order chi connectivity index (χ0) is 17.9.